The minimum Gasteiger partial charge on any atom is -0.356 e. The fourth-order valence-corrected chi connectivity index (χ4v) is 2.40. The fraction of sp³-hybridized carbons (Fsp3) is 0.462. The maximum absolute atomic E-state index is 12.1. The highest BCUT2D eigenvalue weighted by Crippen LogP contribution is 2.13. The summed E-state index contributed by atoms with van der Waals surface area (Å²) in [5.74, 6) is 0.390. The molecule has 0 fully saturated rings. The Hall–Kier alpha value is -1.69. The van der Waals surface area contributed by atoms with Gasteiger partial charge < -0.3 is 5.32 Å². The van der Waals surface area contributed by atoms with Crippen LogP contribution in [-0.2, 0) is 11.3 Å². The molecule has 0 unspecified atom stereocenters. The maximum Gasteiger partial charge on any atom is 0.262 e. The molecule has 5 nitrogen and oxygen atoms in total. The smallest absolute Gasteiger partial charge is 0.262 e. The van der Waals surface area contributed by atoms with Gasteiger partial charge >= 0.3 is 0 Å². The van der Waals surface area contributed by atoms with E-state index < -0.39 is 0 Å². The van der Waals surface area contributed by atoms with Gasteiger partial charge in [-0.15, -0.1) is 11.3 Å². The van der Waals surface area contributed by atoms with Crippen molar-refractivity contribution in [2.45, 2.75) is 26.8 Å². The summed E-state index contributed by atoms with van der Waals surface area (Å²) >= 11 is 1.44. The summed E-state index contributed by atoms with van der Waals surface area (Å²) in [7, 11) is 0. The second kappa shape index (κ2) is 5.97. The Bertz CT molecular complexity index is 630. The van der Waals surface area contributed by atoms with E-state index in [1.54, 1.807) is 6.07 Å². The number of nitrogens with one attached hydrogen (secondary N) is 1. The normalized spacial score (nSPS) is 11.1. The Kier molecular flexibility index (Phi) is 4.31. The van der Waals surface area contributed by atoms with E-state index in [2.05, 4.69) is 10.3 Å². The molecule has 6 heteroatoms. The summed E-state index contributed by atoms with van der Waals surface area (Å²) in [4.78, 5) is 28.6. The van der Waals surface area contributed by atoms with Gasteiger partial charge in [0.2, 0.25) is 5.91 Å². The molecule has 0 saturated heterocycles. The lowest BCUT2D eigenvalue weighted by molar-refractivity contribution is -0.121. The summed E-state index contributed by atoms with van der Waals surface area (Å²) in [5, 5.41) is 5.30. The van der Waals surface area contributed by atoms with Crippen LogP contribution in [0.15, 0.2) is 22.6 Å². The molecule has 0 aliphatic carbocycles. The van der Waals surface area contributed by atoms with Gasteiger partial charge in [0.1, 0.15) is 4.83 Å². The third-order valence-corrected chi connectivity index (χ3v) is 3.56. The van der Waals surface area contributed by atoms with Crippen molar-refractivity contribution in [1.29, 1.82) is 0 Å². The first-order chi connectivity index (χ1) is 9.08. The van der Waals surface area contributed by atoms with Crippen LogP contribution in [0.1, 0.15) is 20.3 Å². The molecule has 2 aromatic heterocycles. The molecule has 1 N–H and O–H groups in total. The summed E-state index contributed by atoms with van der Waals surface area (Å²) in [6, 6.07) is 1.77. The van der Waals surface area contributed by atoms with Crippen LogP contribution in [0.3, 0.4) is 0 Å². The quantitative estimate of drug-likeness (QED) is 0.904. The zero-order valence-electron chi connectivity index (χ0n) is 11.0. The van der Waals surface area contributed by atoms with Gasteiger partial charge in [0, 0.05) is 19.5 Å². The first-order valence-corrected chi connectivity index (χ1v) is 7.15. The second-order valence-corrected chi connectivity index (χ2v) is 5.73. The lowest BCUT2D eigenvalue weighted by Gasteiger charge is -2.08. The van der Waals surface area contributed by atoms with E-state index >= 15 is 0 Å². The first-order valence-electron chi connectivity index (χ1n) is 6.27. The number of amides is 1. The molecular weight excluding hydrogens is 262 g/mol. The molecule has 102 valence electrons. The Labute approximate surface area is 115 Å². The van der Waals surface area contributed by atoms with Crippen LogP contribution < -0.4 is 10.9 Å². The Balaban J connectivity index is 2.00. The molecule has 2 heterocycles. The molecule has 2 rings (SSSR count). The number of hydrogen-bond acceptors (Lipinski definition) is 4. The van der Waals surface area contributed by atoms with Crippen molar-refractivity contribution in [2.24, 2.45) is 5.92 Å². The van der Waals surface area contributed by atoms with E-state index in [1.807, 2.05) is 19.2 Å². The topological polar surface area (TPSA) is 64.0 Å². The number of hydrogen-bond donors (Lipinski definition) is 1. The Morgan fingerprint density at radius 2 is 2.32 bits per heavy atom. The summed E-state index contributed by atoms with van der Waals surface area (Å²) < 4.78 is 1.49. The molecule has 0 aliphatic heterocycles. The van der Waals surface area contributed by atoms with Crippen LogP contribution >= 0.6 is 11.3 Å². The average Bonchev–Trinajstić information content (AvgIpc) is 2.84. The highest BCUT2D eigenvalue weighted by Gasteiger charge is 2.07. The van der Waals surface area contributed by atoms with E-state index in [9.17, 15) is 9.59 Å². The first kappa shape index (κ1) is 13.7. The number of thiophene rings is 1. The van der Waals surface area contributed by atoms with Crippen LogP contribution in [0.25, 0.3) is 10.2 Å². The Morgan fingerprint density at radius 1 is 1.53 bits per heavy atom. The number of rotatable bonds is 5. The monoisotopic (exact) mass is 279 g/mol. The molecule has 0 bridgehead atoms. The van der Waals surface area contributed by atoms with E-state index in [0.29, 0.717) is 30.8 Å². The highest BCUT2D eigenvalue weighted by molar-refractivity contribution is 7.16. The molecule has 19 heavy (non-hydrogen) atoms. The van der Waals surface area contributed by atoms with Crippen LogP contribution in [0, 0.1) is 5.92 Å². The van der Waals surface area contributed by atoms with Gasteiger partial charge in [-0.3, -0.25) is 14.2 Å². The van der Waals surface area contributed by atoms with Gasteiger partial charge in [0.25, 0.3) is 5.56 Å². The lowest BCUT2D eigenvalue weighted by atomic mass is 10.2. The molecule has 0 spiro atoms. The lowest BCUT2D eigenvalue weighted by Crippen LogP contribution is -2.29. The molecule has 0 saturated carbocycles. The average molecular weight is 279 g/mol. The number of nitrogens with zero attached hydrogens (tertiary/aromatic N) is 2. The minimum atomic E-state index is -0.0806. The third-order valence-electron chi connectivity index (χ3n) is 2.74. The van der Waals surface area contributed by atoms with Gasteiger partial charge in [-0.05, 0) is 17.4 Å². The zero-order chi connectivity index (χ0) is 13.8. The number of fused-ring (bicyclic) bond motifs is 1. The molecular formula is C13H17N3O2S. The van der Waals surface area contributed by atoms with E-state index in [-0.39, 0.29) is 11.5 Å². The number of aryl methyl sites for hydroxylation is 1. The minimum absolute atomic E-state index is 0.0361. The predicted molar refractivity (Wildman–Crippen MR) is 76.3 cm³/mol. The maximum atomic E-state index is 12.1. The highest BCUT2D eigenvalue weighted by atomic mass is 32.1. The third kappa shape index (κ3) is 3.41. The molecule has 2 aromatic rings. The standard InChI is InChI=1S/C13H17N3O2S/c1-9(2)7-14-11(17)3-5-16-8-15-12-10(13(16)18)4-6-19-12/h4,6,8-9H,3,5,7H2,1-2H3,(H,14,17). The van der Waals surface area contributed by atoms with Crippen molar-refractivity contribution < 1.29 is 4.79 Å². The van der Waals surface area contributed by atoms with Crippen molar-refractivity contribution in [1.82, 2.24) is 14.9 Å². The van der Waals surface area contributed by atoms with Crippen molar-refractivity contribution in [2.75, 3.05) is 6.54 Å². The molecule has 1 amide bonds. The zero-order valence-corrected chi connectivity index (χ0v) is 11.9. The van der Waals surface area contributed by atoms with Crippen LogP contribution in [0.2, 0.25) is 0 Å². The number of aromatic nitrogens is 2. The Morgan fingerprint density at radius 3 is 3.05 bits per heavy atom. The second-order valence-electron chi connectivity index (χ2n) is 4.83. The number of carbonyl (C=O) groups excluding carboxylic acids is 1. The van der Waals surface area contributed by atoms with Crippen molar-refractivity contribution >= 4 is 27.5 Å². The van der Waals surface area contributed by atoms with E-state index in [4.69, 9.17) is 0 Å². The van der Waals surface area contributed by atoms with Gasteiger partial charge in [-0.2, -0.15) is 0 Å². The fourth-order valence-electron chi connectivity index (χ4n) is 1.68. The largest absolute Gasteiger partial charge is 0.356 e. The van der Waals surface area contributed by atoms with Gasteiger partial charge in [-0.1, -0.05) is 13.8 Å². The molecule has 0 aliphatic rings. The number of carbonyl (C=O) groups is 1. The predicted octanol–water partition coefficient (Wildman–Crippen LogP) is 1.62. The van der Waals surface area contributed by atoms with E-state index in [0.717, 1.165) is 4.83 Å². The van der Waals surface area contributed by atoms with Crippen molar-refractivity contribution in [3.63, 3.8) is 0 Å². The summed E-state index contributed by atoms with van der Waals surface area (Å²) in [6.45, 7) is 5.11. The summed E-state index contributed by atoms with van der Waals surface area (Å²) in [6.07, 6.45) is 1.81. The van der Waals surface area contributed by atoms with Crippen LogP contribution in [-0.4, -0.2) is 22.0 Å². The van der Waals surface area contributed by atoms with Crippen LogP contribution in [0.5, 0.6) is 0 Å². The van der Waals surface area contributed by atoms with Crippen molar-refractivity contribution in [3.05, 3.63) is 28.1 Å². The SMILES string of the molecule is CC(C)CNC(=O)CCn1cnc2sccc2c1=O. The van der Waals surface area contributed by atoms with E-state index in [1.165, 1.54) is 22.2 Å². The molecule has 0 atom stereocenters. The van der Waals surface area contributed by atoms with Crippen LogP contribution in [0.4, 0.5) is 0 Å². The van der Waals surface area contributed by atoms with Gasteiger partial charge in [0.15, 0.2) is 0 Å². The van der Waals surface area contributed by atoms with Gasteiger partial charge in [-0.25, -0.2) is 4.98 Å². The molecule has 0 radical (unpaired) electrons. The van der Waals surface area contributed by atoms with Gasteiger partial charge in [0.05, 0.1) is 11.7 Å². The van der Waals surface area contributed by atoms with Crippen molar-refractivity contribution in [3.8, 4) is 0 Å². The molecule has 0 aromatic carbocycles. The summed E-state index contributed by atoms with van der Waals surface area (Å²) in [5.41, 5.74) is -0.0806.